The summed E-state index contributed by atoms with van der Waals surface area (Å²) in [6.07, 6.45) is 5.01. The second-order valence-corrected chi connectivity index (χ2v) is 7.66. The Morgan fingerprint density at radius 1 is 1.15 bits per heavy atom. The molecule has 0 N–H and O–H groups in total. The first-order valence-corrected chi connectivity index (χ1v) is 9.60. The number of carbonyl (C=O) groups is 1. The molecule has 3 aliphatic heterocycles. The van der Waals surface area contributed by atoms with Crippen LogP contribution in [0.15, 0.2) is 24.3 Å². The van der Waals surface area contributed by atoms with Gasteiger partial charge in [0.05, 0.1) is 26.8 Å². The Labute approximate surface area is 155 Å². The summed E-state index contributed by atoms with van der Waals surface area (Å²) in [7, 11) is 1.63. The average Bonchev–Trinajstić information content (AvgIpc) is 3.12. The molecule has 4 rings (SSSR count). The second-order valence-electron chi connectivity index (χ2n) is 7.66. The minimum absolute atomic E-state index is 0.0245. The number of rotatable bonds is 5. The van der Waals surface area contributed by atoms with Gasteiger partial charge in [-0.2, -0.15) is 0 Å². The van der Waals surface area contributed by atoms with Gasteiger partial charge in [0.1, 0.15) is 17.1 Å². The van der Waals surface area contributed by atoms with Gasteiger partial charge in [0.25, 0.3) is 5.91 Å². The zero-order valence-corrected chi connectivity index (χ0v) is 15.5. The van der Waals surface area contributed by atoms with Crippen LogP contribution in [0.5, 0.6) is 11.5 Å². The molecule has 26 heavy (non-hydrogen) atoms. The number of nitrogens with zero attached hydrogens (tertiary/aromatic N) is 2. The zero-order valence-electron chi connectivity index (χ0n) is 15.5. The third-order valence-electron chi connectivity index (χ3n) is 5.83. The van der Waals surface area contributed by atoms with E-state index in [1.807, 2.05) is 29.2 Å². The maximum Gasteiger partial charge on any atom is 0.260 e. The van der Waals surface area contributed by atoms with Gasteiger partial charge < -0.3 is 19.1 Å². The second kappa shape index (κ2) is 7.45. The third kappa shape index (κ3) is 3.67. The fourth-order valence-electron chi connectivity index (χ4n) is 4.29. The molecule has 1 spiro atoms. The van der Waals surface area contributed by atoms with Gasteiger partial charge in [-0.1, -0.05) is 6.42 Å². The van der Waals surface area contributed by atoms with E-state index in [9.17, 15) is 4.79 Å². The molecule has 0 radical (unpaired) electrons. The molecule has 1 aromatic rings. The van der Waals surface area contributed by atoms with E-state index in [1.54, 1.807) is 7.11 Å². The predicted octanol–water partition coefficient (Wildman–Crippen LogP) is 1.93. The first-order valence-electron chi connectivity index (χ1n) is 9.60. The number of piperidine rings is 1. The summed E-state index contributed by atoms with van der Waals surface area (Å²) < 4.78 is 16.8. The van der Waals surface area contributed by atoms with Gasteiger partial charge in [-0.25, -0.2) is 0 Å². The third-order valence-corrected chi connectivity index (χ3v) is 5.83. The van der Waals surface area contributed by atoms with Crippen molar-refractivity contribution < 1.29 is 19.0 Å². The van der Waals surface area contributed by atoms with Crippen LogP contribution in [0.3, 0.4) is 0 Å². The highest BCUT2D eigenvalue weighted by molar-refractivity contribution is 5.79. The molecule has 0 aromatic heterocycles. The topological polar surface area (TPSA) is 51.2 Å². The summed E-state index contributed by atoms with van der Waals surface area (Å²) >= 11 is 0. The molecule has 0 saturated carbocycles. The quantitative estimate of drug-likeness (QED) is 0.803. The van der Waals surface area contributed by atoms with Crippen molar-refractivity contribution in [3.8, 4) is 11.5 Å². The number of ether oxygens (including phenoxy) is 3. The number of amides is 1. The van der Waals surface area contributed by atoms with E-state index in [0.29, 0.717) is 24.9 Å². The van der Waals surface area contributed by atoms with Gasteiger partial charge in [-0.15, -0.1) is 0 Å². The lowest BCUT2D eigenvalue weighted by Crippen LogP contribution is -2.64. The number of hydrogen-bond acceptors (Lipinski definition) is 5. The van der Waals surface area contributed by atoms with Crippen LogP contribution in [-0.2, 0) is 9.53 Å². The van der Waals surface area contributed by atoms with Gasteiger partial charge in [-0.3, -0.25) is 9.69 Å². The zero-order chi connectivity index (χ0) is 18.0. The van der Waals surface area contributed by atoms with Crippen LogP contribution in [0, 0.1) is 0 Å². The molecular formula is C20H28N2O4. The number of benzene rings is 1. The van der Waals surface area contributed by atoms with E-state index >= 15 is 0 Å². The van der Waals surface area contributed by atoms with Gasteiger partial charge in [0.2, 0.25) is 0 Å². The normalized spacial score (nSPS) is 25.1. The Balaban J connectivity index is 1.22. The first kappa shape index (κ1) is 17.6. The molecule has 0 bridgehead atoms. The molecule has 142 valence electrons. The number of methoxy groups -OCH3 is 1. The molecular weight excluding hydrogens is 332 g/mol. The SMILES string of the molecule is COc1ccc(OCC(=O)N2CC3(CC(N4CCCCC4)CO3)C2)cc1. The van der Waals surface area contributed by atoms with Crippen molar-refractivity contribution in [3.63, 3.8) is 0 Å². The summed E-state index contributed by atoms with van der Waals surface area (Å²) in [5, 5.41) is 0. The summed E-state index contributed by atoms with van der Waals surface area (Å²) in [6.45, 7) is 4.66. The highest BCUT2D eigenvalue weighted by Gasteiger charge is 2.52. The van der Waals surface area contributed by atoms with Crippen LogP contribution in [0.4, 0.5) is 0 Å². The summed E-state index contributed by atoms with van der Waals surface area (Å²) in [4.78, 5) is 16.8. The van der Waals surface area contributed by atoms with Crippen molar-refractivity contribution in [2.75, 3.05) is 46.5 Å². The lowest BCUT2D eigenvalue weighted by molar-refractivity contribution is -0.159. The van der Waals surface area contributed by atoms with Crippen molar-refractivity contribution in [2.24, 2.45) is 0 Å². The molecule has 3 heterocycles. The largest absolute Gasteiger partial charge is 0.497 e. The van der Waals surface area contributed by atoms with E-state index in [-0.39, 0.29) is 18.1 Å². The van der Waals surface area contributed by atoms with Crippen molar-refractivity contribution >= 4 is 5.91 Å². The summed E-state index contributed by atoms with van der Waals surface area (Å²) in [6, 6.07) is 7.81. The number of carbonyl (C=O) groups excluding carboxylic acids is 1. The minimum atomic E-state index is -0.113. The smallest absolute Gasteiger partial charge is 0.260 e. The van der Waals surface area contributed by atoms with E-state index in [4.69, 9.17) is 14.2 Å². The van der Waals surface area contributed by atoms with E-state index in [1.165, 1.54) is 32.4 Å². The number of likely N-dealkylation sites (tertiary alicyclic amines) is 2. The summed E-state index contributed by atoms with van der Waals surface area (Å²) in [5.41, 5.74) is -0.113. The van der Waals surface area contributed by atoms with E-state index in [2.05, 4.69) is 4.90 Å². The van der Waals surface area contributed by atoms with Crippen molar-refractivity contribution in [3.05, 3.63) is 24.3 Å². The molecule has 1 aromatic carbocycles. The lowest BCUT2D eigenvalue weighted by Gasteiger charge is -2.47. The van der Waals surface area contributed by atoms with Gasteiger partial charge >= 0.3 is 0 Å². The van der Waals surface area contributed by atoms with Gasteiger partial charge in [0, 0.05) is 6.04 Å². The van der Waals surface area contributed by atoms with E-state index < -0.39 is 0 Å². The Kier molecular flexibility index (Phi) is 5.05. The average molecular weight is 360 g/mol. The van der Waals surface area contributed by atoms with Crippen molar-refractivity contribution in [1.29, 1.82) is 0 Å². The van der Waals surface area contributed by atoms with Crippen LogP contribution < -0.4 is 9.47 Å². The maximum atomic E-state index is 12.4. The van der Waals surface area contributed by atoms with E-state index in [0.717, 1.165) is 18.8 Å². The predicted molar refractivity (Wildman–Crippen MR) is 97.6 cm³/mol. The molecule has 1 unspecified atom stereocenters. The van der Waals surface area contributed by atoms with Crippen molar-refractivity contribution in [1.82, 2.24) is 9.80 Å². The Bertz CT molecular complexity index is 621. The Morgan fingerprint density at radius 2 is 1.85 bits per heavy atom. The molecule has 1 amide bonds. The fourth-order valence-corrected chi connectivity index (χ4v) is 4.29. The maximum absolute atomic E-state index is 12.4. The lowest BCUT2D eigenvalue weighted by atomic mass is 9.88. The van der Waals surface area contributed by atoms with Crippen LogP contribution in [-0.4, -0.2) is 73.9 Å². The molecule has 1 atom stereocenters. The molecule has 3 fully saturated rings. The fraction of sp³-hybridized carbons (Fsp3) is 0.650. The molecule has 3 aliphatic rings. The minimum Gasteiger partial charge on any atom is -0.497 e. The highest BCUT2D eigenvalue weighted by Crippen LogP contribution is 2.37. The molecule has 0 aliphatic carbocycles. The highest BCUT2D eigenvalue weighted by atomic mass is 16.5. The van der Waals surface area contributed by atoms with Crippen LogP contribution in [0.2, 0.25) is 0 Å². The Morgan fingerprint density at radius 3 is 2.54 bits per heavy atom. The Hall–Kier alpha value is -1.79. The van der Waals surface area contributed by atoms with Crippen LogP contribution >= 0.6 is 0 Å². The van der Waals surface area contributed by atoms with Crippen LogP contribution in [0.1, 0.15) is 25.7 Å². The monoisotopic (exact) mass is 360 g/mol. The van der Waals surface area contributed by atoms with Gasteiger partial charge in [-0.05, 0) is 56.6 Å². The van der Waals surface area contributed by atoms with Crippen molar-refractivity contribution in [2.45, 2.75) is 37.3 Å². The molecule has 6 heteroatoms. The summed E-state index contributed by atoms with van der Waals surface area (Å²) in [5.74, 6) is 1.48. The molecule has 3 saturated heterocycles. The standard InChI is InChI=1S/C20H28N2O4/c1-24-17-5-7-18(8-6-17)25-13-19(23)22-14-20(15-22)11-16(12-26-20)21-9-3-2-4-10-21/h5-8,16H,2-4,9-15H2,1H3. The molecule has 6 nitrogen and oxygen atoms in total. The van der Waals surface area contributed by atoms with Crippen LogP contribution in [0.25, 0.3) is 0 Å². The first-order chi connectivity index (χ1) is 12.7. The van der Waals surface area contributed by atoms with Gasteiger partial charge in [0.15, 0.2) is 6.61 Å². The number of hydrogen-bond donors (Lipinski definition) is 0.